The summed E-state index contributed by atoms with van der Waals surface area (Å²) in [7, 11) is -4.50. The lowest BCUT2D eigenvalue weighted by Gasteiger charge is -2.34. The van der Waals surface area contributed by atoms with Gasteiger partial charge in [-0.05, 0) is 62.6 Å². The van der Waals surface area contributed by atoms with Gasteiger partial charge in [-0.3, -0.25) is 4.79 Å². The number of carbonyl (C=O) groups excluding carboxylic acids is 1. The third-order valence-electron chi connectivity index (χ3n) is 6.72. The highest BCUT2D eigenvalue weighted by Gasteiger charge is 2.51. The number of nitrogens with two attached hydrogens (primary N) is 1. The second-order valence-corrected chi connectivity index (χ2v) is 12.8. The Kier molecular flexibility index (Phi) is 8.40. The second kappa shape index (κ2) is 11.4. The first-order valence-electron chi connectivity index (χ1n) is 13.0. The first-order valence-corrected chi connectivity index (χ1v) is 14.5. The number of hydrogen-bond donors (Lipinski definition) is 2. The van der Waals surface area contributed by atoms with Gasteiger partial charge >= 0.3 is 6.18 Å². The van der Waals surface area contributed by atoms with Crippen molar-refractivity contribution in [1.29, 1.82) is 0 Å². The number of hydrogen-bond acceptors (Lipinski definition) is 8. The molecule has 1 aliphatic heterocycles. The van der Waals surface area contributed by atoms with Crippen LogP contribution < -0.4 is 20.1 Å². The summed E-state index contributed by atoms with van der Waals surface area (Å²) >= 11 is 0. The van der Waals surface area contributed by atoms with Crippen LogP contribution in [0.25, 0.3) is 11.3 Å². The fraction of sp³-hybridized carbons (Fsp3) is 0.393. The van der Waals surface area contributed by atoms with Crippen molar-refractivity contribution in [3.63, 3.8) is 0 Å². The molecule has 1 atom stereocenters. The Balaban J connectivity index is 1.80. The van der Waals surface area contributed by atoms with Gasteiger partial charge in [0.15, 0.2) is 5.03 Å². The average molecular weight is 610 g/mol. The van der Waals surface area contributed by atoms with Crippen molar-refractivity contribution in [1.82, 2.24) is 14.7 Å². The van der Waals surface area contributed by atoms with Crippen LogP contribution in [-0.2, 0) is 10.0 Å². The van der Waals surface area contributed by atoms with E-state index in [0.717, 1.165) is 6.07 Å². The zero-order valence-electron chi connectivity index (χ0n) is 23.4. The van der Waals surface area contributed by atoms with Gasteiger partial charge in [0, 0.05) is 23.7 Å². The molecule has 42 heavy (non-hydrogen) atoms. The quantitative estimate of drug-likeness (QED) is 0.334. The second-order valence-electron chi connectivity index (χ2n) is 11.1. The molecule has 0 saturated carbocycles. The molecule has 3 heterocycles. The van der Waals surface area contributed by atoms with E-state index >= 15 is 0 Å². The molecule has 0 aliphatic carbocycles. The molecule has 2 aromatic heterocycles. The van der Waals surface area contributed by atoms with Gasteiger partial charge in [0.25, 0.3) is 15.9 Å². The third kappa shape index (κ3) is 6.92. The van der Waals surface area contributed by atoms with Crippen molar-refractivity contribution in [2.24, 2.45) is 11.8 Å². The highest BCUT2D eigenvalue weighted by molar-refractivity contribution is 7.90. The number of rotatable bonds is 8. The van der Waals surface area contributed by atoms with Gasteiger partial charge in [-0.15, -0.1) is 0 Å². The van der Waals surface area contributed by atoms with E-state index in [1.807, 2.05) is 18.6 Å². The Morgan fingerprint density at radius 2 is 1.88 bits per heavy atom. The summed E-state index contributed by atoms with van der Waals surface area (Å²) in [5, 5.41) is -0.519. The van der Waals surface area contributed by atoms with Crippen LogP contribution >= 0.6 is 0 Å². The number of nitrogen functional groups attached to an aromatic ring is 1. The van der Waals surface area contributed by atoms with Gasteiger partial charge in [-0.1, -0.05) is 19.9 Å². The minimum Gasteiger partial charge on any atom is -0.493 e. The predicted molar refractivity (Wildman–Crippen MR) is 149 cm³/mol. The summed E-state index contributed by atoms with van der Waals surface area (Å²) in [6.45, 7) is 6.78. The molecule has 4 rings (SSSR count). The van der Waals surface area contributed by atoms with Crippen molar-refractivity contribution < 1.29 is 35.5 Å². The standard InChI is InChI=1S/C28H31F4N5O4S/c1-16(2)15-41-20-11-17(10-19(29)12-20)22-9-8-21(26(38)36-42(39,40)24-7-5-6-23(33)35-24)25(34-22)37-14-18(28(30,31)32)13-27(37,3)4/h5-12,16,18H,13-15H2,1-4H3,(H2,33,35)(H,36,38)/t18-/m1/s1. The lowest BCUT2D eigenvalue weighted by atomic mass is 9.96. The zero-order valence-corrected chi connectivity index (χ0v) is 24.2. The molecule has 1 amide bonds. The van der Waals surface area contributed by atoms with Crippen LogP contribution in [0.2, 0.25) is 0 Å². The Morgan fingerprint density at radius 3 is 2.50 bits per heavy atom. The van der Waals surface area contributed by atoms with Crippen molar-refractivity contribution in [2.75, 3.05) is 23.8 Å². The largest absolute Gasteiger partial charge is 0.493 e. The molecule has 226 valence electrons. The molecule has 1 aromatic carbocycles. The summed E-state index contributed by atoms with van der Waals surface area (Å²) < 4.78 is 89.2. The highest BCUT2D eigenvalue weighted by Crippen LogP contribution is 2.44. The van der Waals surface area contributed by atoms with E-state index in [1.54, 1.807) is 13.8 Å². The van der Waals surface area contributed by atoms with E-state index in [4.69, 9.17) is 10.5 Å². The van der Waals surface area contributed by atoms with Crippen LogP contribution in [0, 0.1) is 17.7 Å². The first kappa shape index (κ1) is 31.0. The number of sulfonamides is 1. The van der Waals surface area contributed by atoms with Gasteiger partial charge in [-0.25, -0.2) is 19.1 Å². The van der Waals surface area contributed by atoms with Gasteiger partial charge in [0.05, 0.1) is 23.8 Å². The van der Waals surface area contributed by atoms with Crippen LogP contribution in [0.3, 0.4) is 0 Å². The van der Waals surface area contributed by atoms with Crippen LogP contribution in [0.1, 0.15) is 44.5 Å². The highest BCUT2D eigenvalue weighted by atomic mass is 32.2. The van der Waals surface area contributed by atoms with Crippen molar-refractivity contribution in [2.45, 2.75) is 50.9 Å². The molecule has 9 nitrogen and oxygen atoms in total. The maximum Gasteiger partial charge on any atom is 0.393 e. The lowest BCUT2D eigenvalue weighted by Crippen LogP contribution is -2.41. The lowest BCUT2D eigenvalue weighted by molar-refractivity contribution is -0.169. The van der Waals surface area contributed by atoms with Gasteiger partial charge in [0.1, 0.15) is 23.2 Å². The molecule has 1 saturated heterocycles. The van der Waals surface area contributed by atoms with E-state index in [9.17, 15) is 30.8 Å². The fourth-order valence-electron chi connectivity index (χ4n) is 4.70. The summed E-state index contributed by atoms with van der Waals surface area (Å²) in [5.74, 6) is -3.39. The Morgan fingerprint density at radius 1 is 1.17 bits per heavy atom. The average Bonchev–Trinajstić information content (AvgIpc) is 3.22. The van der Waals surface area contributed by atoms with Gasteiger partial charge < -0.3 is 15.4 Å². The summed E-state index contributed by atoms with van der Waals surface area (Å²) in [6, 6.07) is 10.3. The fourth-order valence-corrected chi connectivity index (χ4v) is 5.64. The summed E-state index contributed by atoms with van der Waals surface area (Å²) in [6.07, 6.45) is -4.80. The van der Waals surface area contributed by atoms with Crippen LogP contribution in [-0.4, -0.2) is 49.2 Å². The summed E-state index contributed by atoms with van der Waals surface area (Å²) in [4.78, 5) is 22.9. The van der Waals surface area contributed by atoms with Crippen molar-refractivity contribution in [3.8, 4) is 17.0 Å². The Labute approximate surface area is 241 Å². The minimum absolute atomic E-state index is 0.0964. The molecule has 0 unspecified atom stereocenters. The Bertz CT molecular complexity index is 1600. The normalized spacial score (nSPS) is 17.0. The number of amides is 1. The van der Waals surface area contributed by atoms with Gasteiger partial charge in [-0.2, -0.15) is 21.6 Å². The number of benzene rings is 1. The molecular formula is C28H31F4N5O4S. The SMILES string of the molecule is CC(C)COc1cc(F)cc(-c2ccc(C(=O)NS(=O)(=O)c3cccc(N)n3)c(N3C[C@H](C(F)(F)F)CC3(C)C)n2)c1. The maximum atomic E-state index is 14.5. The van der Waals surface area contributed by atoms with Crippen molar-refractivity contribution in [3.05, 3.63) is 59.9 Å². The monoisotopic (exact) mass is 609 g/mol. The molecule has 14 heteroatoms. The van der Waals surface area contributed by atoms with E-state index in [0.29, 0.717) is 6.61 Å². The molecular weight excluding hydrogens is 578 g/mol. The molecule has 1 aliphatic rings. The number of nitrogens with zero attached hydrogens (tertiary/aromatic N) is 3. The minimum atomic E-state index is -4.51. The maximum absolute atomic E-state index is 14.5. The summed E-state index contributed by atoms with van der Waals surface area (Å²) in [5.41, 5.74) is 4.55. The smallest absolute Gasteiger partial charge is 0.393 e. The van der Waals surface area contributed by atoms with Gasteiger partial charge in [0.2, 0.25) is 0 Å². The molecule has 0 radical (unpaired) electrons. The third-order valence-corrected chi connectivity index (χ3v) is 7.95. The number of carbonyl (C=O) groups is 1. The van der Waals surface area contributed by atoms with E-state index in [2.05, 4.69) is 9.97 Å². The number of pyridine rings is 2. The number of alkyl halides is 3. The first-order chi connectivity index (χ1) is 19.5. The Hall–Kier alpha value is -3.94. The molecule has 3 N–H and O–H groups in total. The van der Waals surface area contributed by atoms with E-state index < -0.39 is 51.0 Å². The topological polar surface area (TPSA) is 128 Å². The number of nitrogens with one attached hydrogen (secondary N) is 1. The molecule has 0 spiro atoms. The van der Waals surface area contributed by atoms with E-state index in [-0.39, 0.29) is 46.5 Å². The van der Waals surface area contributed by atoms with Crippen LogP contribution in [0.4, 0.5) is 29.2 Å². The van der Waals surface area contributed by atoms with Crippen LogP contribution in [0.15, 0.2) is 53.6 Å². The number of anilines is 2. The predicted octanol–water partition coefficient (Wildman–Crippen LogP) is 5.19. The molecule has 0 bridgehead atoms. The van der Waals surface area contributed by atoms with Crippen LogP contribution in [0.5, 0.6) is 5.75 Å². The number of halogens is 4. The van der Waals surface area contributed by atoms with E-state index in [1.165, 1.54) is 47.4 Å². The number of aromatic nitrogens is 2. The molecule has 1 fully saturated rings. The zero-order chi connectivity index (χ0) is 31.0. The van der Waals surface area contributed by atoms with Crippen molar-refractivity contribution >= 4 is 27.6 Å². The number of ether oxygens (including phenoxy) is 1. The molecule has 3 aromatic rings.